The maximum atomic E-state index is 12.3. The van der Waals surface area contributed by atoms with Crippen molar-refractivity contribution in [3.63, 3.8) is 0 Å². The zero-order valence-corrected chi connectivity index (χ0v) is 11.8. The van der Waals surface area contributed by atoms with E-state index in [0.29, 0.717) is 5.41 Å². The van der Waals surface area contributed by atoms with Gasteiger partial charge < -0.3 is 10.6 Å². The monoisotopic (exact) mass is 240 g/mol. The van der Waals surface area contributed by atoms with Crippen molar-refractivity contribution in [1.82, 2.24) is 4.90 Å². The second-order valence-electron chi connectivity index (χ2n) is 6.07. The van der Waals surface area contributed by atoms with Gasteiger partial charge in [0.2, 0.25) is 5.91 Å². The Labute approximate surface area is 106 Å². The topological polar surface area (TPSA) is 46.3 Å². The van der Waals surface area contributed by atoms with Gasteiger partial charge in [0.05, 0.1) is 5.92 Å². The Morgan fingerprint density at radius 1 is 1.47 bits per heavy atom. The molecule has 3 atom stereocenters. The molecule has 0 spiro atoms. The van der Waals surface area contributed by atoms with Crippen LogP contribution in [0.2, 0.25) is 0 Å². The van der Waals surface area contributed by atoms with Gasteiger partial charge in [0.15, 0.2) is 0 Å². The number of piperidine rings is 1. The van der Waals surface area contributed by atoms with Crippen LogP contribution in [-0.2, 0) is 4.79 Å². The van der Waals surface area contributed by atoms with Crippen molar-refractivity contribution >= 4 is 5.91 Å². The highest BCUT2D eigenvalue weighted by molar-refractivity contribution is 5.79. The van der Waals surface area contributed by atoms with Crippen LogP contribution in [0.4, 0.5) is 0 Å². The highest BCUT2D eigenvalue weighted by Gasteiger charge is 2.34. The third kappa shape index (κ3) is 3.70. The van der Waals surface area contributed by atoms with E-state index in [1.165, 1.54) is 19.3 Å². The maximum Gasteiger partial charge on any atom is 0.226 e. The fourth-order valence-corrected chi connectivity index (χ4v) is 2.82. The zero-order chi connectivity index (χ0) is 13.1. The number of carbonyl (C=O) groups is 1. The summed E-state index contributed by atoms with van der Waals surface area (Å²) in [5.74, 6) is 0.181. The smallest absolute Gasteiger partial charge is 0.226 e. The van der Waals surface area contributed by atoms with Crippen LogP contribution in [0.5, 0.6) is 0 Å². The summed E-state index contributed by atoms with van der Waals surface area (Å²) >= 11 is 0. The first kappa shape index (κ1) is 14.5. The zero-order valence-electron chi connectivity index (χ0n) is 11.8. The second kappa shape index (κ2) is 5.85. The molecule has 2 N–H and O–H groups in total. The number of hydrogen-bond acceptors (Lipinski definition) is 2. The van der Waals surface area contributed by atoms with Crippen LogP contribution in [0.25, 0.3) is 0 Å². The lowest BCUT2D eigenvalue weighted by atomic mass is 9.78. The summed E-state index contributed by atoms with van der Waals surface area (Å²) in [5.41, 5.74) is 6.14. The minimum absolute atomic E-state index is 0.0538. The summed E-state index contributed by atoms with van der Waals surface area (Å²) in [6, 6.07) is -0.0538. The van der Waals surface area contributed by atoms with Gasteiger partial charge >= 0.3 is 0 Å². The van der Waals surface area contributed by atoms with Gasteiger partial charge in [-0.3, -0.25) is 4.79 Å². The molecule has 1 fully saturated rings. The fourth-order valence-electron chi connectivity index (χ4n) is 2.82. The summed E-state index contributed by atoms with van der Waals surface area (Å²) in [5, 5.41) is 0. The lowest BCUT2D eigenvalue weighted by molar-refractivity contribution is -0.139. The van der Waals surface area contributed by atoms with Gasteiger partial charge in [-0.1, -0.05) is 27.2 Å². The molecule has 0 aliphatic carbocycles. The quantitative estimate of drug-likeness (QED) is 0.820. The van der Waals surface area contributed by atoms with E-state index >= 15 is 0 Å². The first-order chi connectivity index (χ1) is 7.89. The SMILES string of the molecule is CCCC1(C)CCCN(C(=O)C(C)C(C)N)C1. The number of nitrogens with two attached hydrogens (primary N) is 1. The molecule has 0 aromatic carbocycles. The summed E-state index contributed by atoms with van der Waals surface area (Å²) in [7, 11) is 0. The van der Waals surface area contributed by atoms with Crippen molar-refractivity contribution in [2.75, 3.05) is 13.1 Å². The standard InChI is InChI=1S/C14H28N2O/c1-5-7-14(4)8-6-9-16(10-14)13(17)11(2)12(3)15/h11-12H,5-10,15H2,1-4H3. The highest BCUT2D eigenvalue weighted by Crippen LogP contribution is 2.34. The molecular weight excluding hydrogens is 212 g/mol. The molecule has 1 rings (SSSR count). The van der Waals surface area contributed by atoms with Crippen LogP contribution >= 0.6 is 0 Å². The lowest BCUT2D eigenvalue weighted by Crippen LogP contribution is -2.49. The van der Waals surface area contributed by atoms with Gasteiger partial charge in [-0.25, -0.2) is 0 Å². The van der Waals surface area contributed by atoms with Crippen LogP contribution in [-0.4, -0.2) is 29.9 Å². The van der Waals surface area contributed by atoms with E-state index in [1.54, 1.807) is 0 Å². The van der Waals surface area contributed by atoms with Gasteiger partial charge in [-0.15, -0.1) is 0 Å². The van der Waals surface area contributed by atoms with E-state index in [4.69, 9.17) is 5.73 Å². The Morgan fingerprint density at radius 3 is 2.65 bits per heavy atom. The van der Waals surface area contributed by atoms with Crippen LogP contribution < -0.4 is 5.73 Å². The van der Waals surface area contributed by atoms with E-state index in [1.807, 2.05) is 18.7 Å². The average molecular weight is 240 g/mol. The molecule has 100 valence electrons. The minimum atomic E-state index is -0.0565. The molecule has 0 aromatic heterocycles. The average Bonchev–Trinajstić information content (AvgIpc) is 2.26. The van der Waals surface area contributed by atoms with Gasteiger partial charge in [-0.2, -0.15) is 0 Å². The van der Waals surface area contributed by atoms with Crippen molar-refractivity contribution in [3.8, 4) is 0 Å². The van der Waals surface area contributed by atoms with E-state index in [-0.39, 0.29) is 17.9 Å². The summed E-state index contributed by atoms with van der Waals surface area (Å²) < 4.78 is 0. The van der Waals surface area contributed by atoms with Crippen LogP contribution in [0.15, 0.2) is 0 Å². The molecule has 0 bridgehead atoms. The van der Waals surface area contributed by atoms with Crippen molar-refractivity contribution in [2.24, 2.45) is 17.1 Å². The number of hydrogen-bond donors (Lipinski definition) is 1. The normalized spacial score (nSPS) is 28.9. The molecule has 17 heavy (non-hydrogen) atoms. The summed E-state index contributed by atoms with van der Waals surface area (Å²) in [4.78, 5) is 14.3. The number of nitrogens with zero attached hydrogens (tertiary/aromatic N) is 1. The van der Waals surface area contributed by atoms with Crippen LogP contribution in [0.3, 0.4) is 0 Å². The number of likely N-dealkylation sites (tertiary alicyclic amines) is 1. The molecule has 0 radical (unpaired) electrons. The van der Waals surface area contributed by atoms with Gasteiger partial charge in [0.25, 0.3) is 0 Å². The molecule has 1 aliphatic heterocycles. The Balaban J connectivity index is 2.63. The maximum absolute atomic E-state index is 12.3. The fraction of sp³-hybridized carbons (Fsp3) is 0.929. The van der Waals surface area contributed by atoms with Crippen molar-refractivity contribution in [2.45, 2.75) is 59.4 Å². The molecule has 1 aliphatic rings. The molecule has 1 heterocycles. The molecule has 1 saturated heterocycles. The molecule has 1 amide bonds. The Kier molecular flexibility index (Phi) is 4.99. The van der Waals surface area contributed by atoms with Crippen molar-refractivity contribution in [3.05, 3.63) is 0 Å². The third-order valence-corrected chi connectivity index (χ3v) is 4.12. The summed E-state index contributed by atoms with van der Waals surface area (Å²) in [6.45, 7) is 10.2. The van der Waals surface area contributed by atoms with Crippen LogP contribution in [0, 0.1) is 11.3 Å². The Bertz CT molecular complexity index is 261. The van der Waals surface area contributed by atoms with Crippen molar-refractivity contribution in [1.29, 1.82) is 0 Å². The molecule has 0 aromatic rings. The first-order valence-corrected chi connectivity index (χ1v) is 6.94. The van der Waals surface area contributed by atoms with E-state index < -0.39 is 0 Å². The first-order valence-electron chi connectivity index (χ1n) is 6.94. The Hall–Kier alpha value is -0.570. The third-order valence-electron chi connectivity index (χ3n) is 4.12. The van der Waals surface area contributed by atoms with E-state index in [2.05, 4.69) is 13.8 Å². The van der Waals surface area contributed by atoms with E-state index in [0.717, 1.165) is 19.5 Å². The highest BCUT2D eigenvalue weighted by atomic mass is 16.2. The number of carbonyl (C=O) groups excluding carboxylic acids is 1. The largest absolute Gasteiger partial charge is 0.342 e. The predicted molar refractivity (Wildman–Crippen MR) is 71.6 cm³/mol. The molecule has 3 nitrogen and oxygen atoms in total. The van der Waals surface area contributed by atoms with Crippen LogP contribution in [0.1, 0.15) is 53.4 Å². The summed E-state index contributed by atoms with van der Waals surface area (Å²) in [6.07, 6.45) is 4.79. The lowest BCUT2D eigenvalue weighted by Gasteiger charge is -2.41. The molecule has 3 unspecified atom stereocenters. The van der Waals surface area contributed by atoms with Crippen molar-refractivity contribution < 1.29 is 4.79 Å². The van der Waals surface area contributed by atoms with Gasteiger partial charge in [0.1, 0.15) is 0 Å². The van der Waals surface area contributed by atoms with Gasteiger partial charge in [0, 0.05) is 19.1 Å². The predicted octanol–water partition coefficient (Wildman–Crippen LogP) is 2.40. The second-order valence-corrected chi connectivity index (χ2v) is 6.07. The van der Waals surface area contributed by atoms with E-state index in [9.17, 15) is 4.79 Å². The molecular formula is C14H28N2O. The Morgan fingerprint density at radius 2 is 2.12 bits per heavy atom. The number of amides is 1. The van der Waals surface area contributed by atoms with Gasteiger partial charge in [-0.05, 0) is 31.6 Å². The molecule has 3 heteroatoms. The molecule has 0 saturated carbocycles. The number of rotatable bonds is 4. The minimum Gasteiger partial charge on any atom is -0.342 e.